The summed E-state index contributed by atoms with van der Waals surface area (Å²) in [6.45, 7) is 3.93. The highest BCUT2D eigenvalue weighted by atomic mass is 19.1. The zero-order chi connectivity index (χ0) is 15.8. The first-order valence-electron chi connectivity index (χ1n) is 7.60. The molecule has 0 aliphatic carbocycles. The molecule has 0 N–H and O–H groups in total. The zero-order valence-electron chi connectivity index (χ0n) is 13.1. The lowest BCUT2D eigenvalue weighted by molar-refractivity contribution is 0.618. The molecule has 0 spiro atoms. The molecule has 2 aromatic carbocycles. The molecular weight excluding hydrogens is 275 g/mol. The Hall–Kier alpha value is -2.29. The van der Waals surface area contributed by atoms with Crippen LogP contribution in [0.15, 0.2) is 52.7 Å². The molecule has 0 saturated heterocycles. The Bertz CT molecular complexity index is 658. The molecule has 2 nitrogen and oxygen atoms in total. The molecule has 0 radical (unpaired) electrons. The first-order valence-corrected chi connectivity index (χ1v) is 7.60. The number of nitrogens with zero attached hydrogens (tertiary/aromatic N) is 2. The number of halogens is 1. The standard InChI is InChI=1S/C19H21FN2/c1-3-4-5-16-8-10-17(11-9-16)13-21-22-14-18-7-6-15(2)19(20)12-18/h6-14H,3-5H2,1-2H3/b21-13+,22-14+. The van der Waals surface area contributed by atoms with E-state index in [1.165, 1.54) is 24.5 Å². The van der Waals surface area contributed by atoms with Crippen LogP contribution in [0, 0.1) is 12.7 Å². The molecule has 114 valence electrons. The number of hydrogen-bond acceptors (Lipinski definition) is 2. The van der Waals surface area contributed by atoms with Crippen LogP contribution in [0.5, 0.6) is 0 Å². The lowest BCUT2D eigenvalue weighted by atomic mass is 10.1. The topological polar surface area (TPSA) is 24.7 Å². The largest absolute Gasteiger partial charge is 0.207 e. The summed E-state index contributed by atoms with van der Waals surface area (Å²) >= 11 is 0. The summed E-state index contributed by atoms with van der Waals surface area (Å²) < 4.78 is 13.4. The summed E-state index contributed by atoms with van der Waals surface area (Å²) in [5.74, 6) is -0.226. The lowest BCUT2D eigenvalue weighted by Gasteiger charge is -1.99. The molecule has 0 unspecified atom stereocenters. The monoisotopic (exact) mass is 296 g/mol. The van der Waals surface area contributed by atoms with Crippen molar-refractivity contribution >= 4 is 12.4 Å². The summed E-state index contributed by atoms with van der Waals surface area (Å²) in [5.41, 5.74) is 3.68. The number of unbranched alkanes of at least 4 members (excludes halogenated alkanes) is 1. The molecule has 0 aromatic heterocycles. The van der Waals surface area contributed by atoms with Crippen molar-refractivity contribution in [3.05, 3.63) is 70.5 Å². The molecule has 22 heavy (non-hydrogen) atoms. The van der Waals surface area contributed by atoms with Crippen LogP contribution in [-0.4, -0.2) is 12.4 Å². The molecule has 0 aliphatic heterocycles. The van der Waals surface area contributed by atoms with Crippen molar-refractivity contribution in [2.75, 3.05) is 0 Å². The molecule has 0 atom stereocenters. The predicted octanol–water partition coefficient (Wildman–Crippen LogP) is 4.93. The fraction of sp³-hybridized carbons (Fsp3) is 0.263. The first kappa shape index (κ1) is 16.1. The van der Waals surface area contributed by atoms with Crippen molar-refractivity contribution in [1.29, 1.82) is 0 Å². The van der Waals surface area contributed by atoms with Gasteiger partial charge in [0.25, 0.3) is 0 Å². The van der Waals surface area contributed by atoms with Crippen molar-refractivity contribution in [2.45, 2.75) is 33.1 Å². The van der Waals surface area contributed by atoms with E-state index in [-0.39, 0.29) is 5.82 Å². The average Bonchev–Trinajstić information content (AvgIpc) is 2.54. The third kappa shape index (κ3) is 4.92. The molecule has 0 bridgehead atoms. The molecule has 0 aliphatic rings. The maximum atomic E-state index is 13.4. The van der Waals surface area contributed by atoms with E-state index in [0.717, 1.165) is 12.0 Å². The zero-order valence-corrected chi connectivity index (χ0v) is 13.1. The van der Waals surface area contributed by atoms with Crippen LogP contribution < -0.4 is 0 Å². The second kappa shape index (κ2) is 8.23. The van der Waals surface area contributed by atoms with Crippen LogP contribution in [-0.2, 0) is 6.42 Å². The van der Waals surface area contributed by atoms with E-state index in [2.05, 4.69) is 29.3 Å². The van der Waals surface area contributed by atoms with Gasteiger partial charge < -0.3 is 0 Å². The van der Waals surface area contributed by atoms with Crippen LogP contribution in [0.3, 0.4) is 0 Å². The van der Waals surface area contributed by atoms with Crippen LogP contribution in [0.4, 0.5) is 4.39 Å². The number of hydrogen-bond donors (Lipinski definition) is 0. The Morgan fingerprint density at radius 3 is 2.23 bits per heavy atom. The van der Waals surface area contributed by atoms with Crippen molar-refractivity contribution in [3.8, 4) is 0 Å². The summed E-state index contributed by atoms with van der Waals surface area (Å²) in [6.07, 6.45) is 6.78. The van der Waals surface area contributed by atoms with E-state index in [1.807, 2.05) is 18.2 Å². The molecule has 2 rings (SSSR count). The number of aryl methyl sites for hydroxylation is 2. The first-order chi connectivity index (χ1) is 10.7. The quantitative estimate of drug-likeness (QED) is 0.533. The van der Waals surface area contributed by atoms with E-state index in [0.29, 0.717) is 11.1 Å². The highest BCUT2D eigenvalue weighted by Gasteiger charge is 1.96. The summed E-state index contributed by atoms with van der Waals surface area (Å²) in [7, 11) is 0. The second-order valence-corrected chi connectivity index (χ2v) is 5.34. The van der Waals surface area contributed by atoms with Gasteiger partial charge in [0.05, 0.1) is 12.4 Å². The number of benzene rings is 2. The van der Waals surface area contributed by atoms with Gasteiger partial charge in [-0.15, -0.1) is 0 Å². The molecule has 0 fully saturated rings. The smallest absolute Gasteiger partial charge is 0.126 e. The van der Waals surface area contributed by atoms with Crippen LogP contribution in [0.2, 0.25) is 0 Å². The van der Waals surface area contributed by atoms with Crippen LogP contribution in [0.25, 0.3) is 0 Å². The van der Waals surface area contributed by atoms with Crippen molar-refractivity contribution < 1.29 is 4.39 Å². The van der Waals surface area contributed by atoms with Gasteiger partial charge in [0.1, 0.15) is 5.82 Å². The Morgan fingerprint density at radius 1 is 0.955 bits per heavy atom. The summed E-state index contributed by atoms with van der Waals surface area (Å²) in [5, 5.41) is 7.96. The maximum absolute atomic E-state index is 13.4. The predicted molar refractivity (Wildman–Crippen MR) is 91.4 cm³/mol. The Morgan fingerprint density at radius 2 is 1.59 bits per heavy atom. The van der Waals surface area contributed by atoms with Crippen molar-refractivity contribution in [2.24, 2.45) is 10.2 Å². The highest BCUT2D eigenvalue weighted by molar-refractivity contribution is 5.82. The fourth-order valence-electron chi connectivity index (χ4n) is 2.04. The SMILES string of the molecule is CCCCc1ccc(/C=N/N=C/c2ccc(C)c(F)c2)cc1. The minimum atomic E-state index is -0.226. The summed E-state index contributed by atoms with van der Waals surface area (Å²) in [6, 6.07) is 13.3. The molecule has 3 heteroatoms. The van der Waals surface area contributed by atoms with E-state index in [4.69, 9.17) is 0 Å². The van der Waals surface area contributed by atoms with Crippen LogP contribution in [0.1, 0.15) is 42.0 Å². The van der Waals surface area contributed by atoms with Gasteiger partial charge in [0.2, 0.25) is 0 Å². The summed E-state index contributed by atoms with van der Waals surface area (Å²) in [4.78, 5) is 0. The van der Waals surface area contributed by atoms with E-state index in [1.54, 1.807) is 25.4 Å². The molecule has 2 aromatic rings. The van der Waals surface area contributed by atoms with Gasteiger partial charge in [-0.05, 0) is 48.1 Å². The third-order valence-electron chi connectivity index (χ3n) is 3.47. The normalized spacial score (nSPS) is 11.6. The van der Waals surface area contributed by atoms with Gasteiger partial charge in [0.15, 0.2) is 0 Å². The number of rotatable bonds is 6. The fourth-order valence-corrected chi connectivity index (χ4v) is 2.04. The van der Waals surface area contributed by atoms with Gasteiger partial charge in [-0.1, -0.05) is 49.7 Å². The lowest BCUT2D eigenvalue weighted by Crippen LogP contribution is -1.87. The van der Waals surface area contributed by atoms with Gasteiger partial charge in [0, 0.05) is 0 Å². The molecular formula is C19H21FN2. The average molecular weight is 296 g/mol. The molecule has 0 amide bonds. The van der Waals surface area contributed by atoms with Crippen LogP contribution >= 0.6 is 0 Å². The second-order valence-electron chi connectivity index (χ2n) is 5.34. The van der Waals surface area contributed by atoms with Gasteiger partial charge in [-0.25, -0.2) is 4.39 Å². The van der Waals surface area contributed by atoms with E-state index < -0.39 is 0 Å². The Labute approximate surface area is 131 Å². The molecule has 0 heterocycles. The Balaban J connectivity index is 1.93. The highest BCUT2D eigenvalue weighted by Crippen LogP contribution is 2.08. The van der Waals surface area contributed by atoms with E-state index >= 15 is 0 Å². The van der Waals surface area contributed by atoms with Gasteiger partial charge in [-0.3, -0.25) is 0 Å². The third-order valence-corrected chi connectivity index (χ3v) is 3.47. The minimum absolute atomic E-state index is 0.226. The van der Waals surface area contributed by atoms with Gasteiger partial charge >= 0.3 is 0 Å². The molecule has 0 saturated carbocycles. The Kier molecular flexibility index (Phi) is 6.01. The van der Waals surface area contributed by atoms with Crippen molar-refractivity contribution in [1.82, 2.24) is 0 Å². The van der Waals surface area contributed by atoms with E-state index in [9.17, 15) is 4.39 Å². The van der Waals surface area contributed by atoms with Crippen molar-refractivity contribution in [3.63, 3.8) is 0 Å². The van der Waals surface area contributed by atoms with Gasteiger partial charge in [-0.2, -0.15) is 10.2 Å². The minimum Gasteiger partial charge on any atom is -0.207 e. The maximum Gasteiger partial charge on any atom is 0.126 e.